The molecule has 59 heavy (non-hydrogen) atoms. The second-order valence-electron chi connectivity index (χ2n) is 15.6. The normalized spacial score (nSPS) is 14.5. The fraction of sp³-hybridized carbons (Fsp3) is 0.0175. The van der Waals surface area contributed by atoms with E-state index in [2.05, 4.69) is 240 Å². The fourth-order valence-electron chi connectivity index (χ4n) is 10.2. The number of nitrogens with zero attached hydrogens (tertiary/aromatic N) is 2. The van der Waals surface area contributed by atoms with Crippen molar-refractivity contribution in [2.75, 3.05) is 9.80 Å². The highest BCUT2D eigenvalue weighted by molar-refractivity contribution is 6.09. The first-order valence-corrected chi connectivity index (χ1v) is 20.4. The van der Waals surface area contributed by atoms with Crippen LogP contribution in [0, 0.1) is 0 Å². The van der Waals surface area contributed by atoms with Crippen LogP contribution in [0.5, 0.6) is 0 Å². The molecule has 12 rings (SSSR count). The predicted octanol–water partition coefficient (Wildman–Crippen LogP) is 15.3. The Morgan fingerprint density at radius 1 is 0.271 bits per heavy atom. The third kappa shape index (κ3) is 4.93. The summed E-state index contributed by atoms with van der Waals surface area (Å²) in [5.41, 5.74) is 16.6. The van der Waals surface area contributed by atoms with E-state index in [0.29, 0.717) is 0 Å². The molecule has 10 aromatic carbocycles. The second-order valence-corrected chi connectivity index (χ2v) is 15.6. The van der Waals surface area contributed by atoms with Crippen LogP contribution in [0.1, 0.15) is 22.3 Å². The lowest BCUT2D eigenvalue weighted by atomic mass is 9.70. The van der Waals surface area contributed by atoms with Crippen molar-refractivity contribution < 1.29 is 0 Å². The van der Waals surface area contributed by atoms with Crippen LogP contribution in [0.25, 0.3) is 43.8 Å². The van der Waals surface area contributed by atoms with E-state index >= 15 is 0 Å². The molecule has 0 bridgehead atoms. The Hall–Kier alpha value is -7.68. The number of fused-ring (bicyclic) bond motifs is 13. The van der Waals surface area contributed by atoms with Crippen molar-refractivity contribution in [2.45, 2.75) is 5.41 Å². The van der Waals surface area contributed by atoms with Crippen molar-refractivity contribution in [1.82, 2.24) is 0 Å². The van der Waals surface area contributed by atoms with E-state index < -0.39 is 5.41 Å². The van der Waals surface area contributed by atoms with Crippen LogP contribution in [0.2, 0.25) is 0 Å². The predicted molar refractivity (Wildman–Crippen MR) is 247 cm³/mol. The van der Waals surface area contributed by atoms with E-state index in [1.165, 1.54) is 66.1 Å². The molecule has 2 aliphatic rings. The number of para-hydroxylation sites is 3. The summed E-state index contributed by atoms with van der Waals surface area (Å²) in [5, 5.41) is 4.99. The molecule has 2 aliphatic carbocycles. The molecule has 2 heteroatoms. The van der Waals surface area contributed by atoms with Crippen molar-refractivity contribution in [1.29, 1.82) is 0 Å². The average Bonchev–Trinajstić information content (AvgIpc) is 3.78. The minimum absolute atomic E-state index is 0.537. The van der Waals surface area contributed by atoms with Crippen LogP contribution in [-0.4, -0.2) is 0 Å². The first-order valence-electron chi connectivity index (χ1n) is 20.4. The molecule has 2 nitrogen and oxygen atoms in total. The number of hydrogen-bond donors (Lipinski definition) is 0. The molecule has 0 amide bonds. The van der Waals surface area contributed by atoms with Crippen molar-refractivity contribution in [3.05, 3.63) is 253 Å². The molecule has 0 fully saturated rings. The Balaban J connectivity index is 1.14. The highest BCUT2D eigenvalue weighted by Gasteiger charge is 2.52. The highest BCUT2D eigenvalue weighted by atomic mass is 15.1. The summed E-state index contributed by atoms with van der Waals surface area (Å²) in [7, 11) is 0. The van der Waals surface area contributed by atoms with Crippen molar-refractivity contribution in [2.24, 2.45) is 0 Å². The van der Waals surface area contributed by atoms with Gasteiger partial charge in [-0.3, -0.25) is 0 Å². The molecule has 0 saturated heterocycles. The van der Waals surface area contributed by atoms with Gasteiger partial charge in [0, 0.05) is 34.0 Å². The average molecular weight is 751 g/mol. The summed E-state index contributed by atoms with van der Waals surface area (Å²) in [5.74, 6) is 0. The van der Waals surface area contributed by atoms with Gasteiger partial charge in [0.15, 0.2) is 0 Å². The van der Waals surface area contributed by atoms with E-state index in [1.807, 2.05) is 0 Å². The number of anilines is 6. The minimum Gasteiger partial charge on any atom is -0.310 e. The van der Waals surface area contributed by atoms with Crippen LogP contribution in [0.4, 0.5) is 34.1 Å². The Kier molecular flexibility index (Phi) is 7.48. The first-order chi connectivity index (χ1) is 29.3. The maximum Gasteiger partial charge on any atom is 0.0727 e. The van der Waals surface area contributed by atoms with Gasteiger partial charge in [-0.15, -0.1) is 0 Å². The fourth-order valence-corrected chi connectivity index (χ4v) is 10.2. The molecule has 0 radical (unpaired) electrons. The van der Waals surface area contributed by atoms with Gasteiger partial charge in [0.1, 0.15) is 0 Å². The lowest BCUT2D eigenvalue weighted by Gasteiger charge is -2.33. The smallest absolute Gasteiger partial charge is 0.0727 e. The number of rotatable bonds is 6. The van der Waals surface area contributed by atoms with Crippen LogP contribution in [0.3, 0.4) is 0 Å². The van der Waals surface area contributed by atoms with Crippen LogP contribution in [-0.2, 0) is 5.41 Å². The van der Waals surface area contributed by atoms with E-state index in [1.54, 1.807) is 0 Å². The minimum atomic E-state index is -0.537. The Bertz CT molecular complexity index is 3190. The summed E-state index contributed by atoms with van der Waals surface area (Å²) in [6.45, 7) is 0. The summed E-state index contributed by atoms with van der Waals surface area (Å²) < 4.78 is 0. The zero-order chi connectivity index (χ0) is 38.9. The summed E-state index contributed by atoms with van der Waals surface area (Å²) in [6.07, 6.45) is 0. The standard InChI is InChI=1S/C57H38N2/c1-4-18-41(19-5-1)58(42-20-6-2-7-21-42)45-35-36-48-47-25-12-14-27-51(47)57(54(48)38-45)52-28-15-13-26-49(52)56-53(57)29-16-30-55(56)59(43-22-8-3-9-23-43)44-34-33-40-32-31-39-17-10-11-24-46(39)50(40)37-44/h1-38H. The lowest BCUT2D eigenvalue weighted by molar-refractivity contribution is 0.793. The second kappa shape index (κ2) is 13.2. The van der Waals surface area contributed by atoms with Crippen molar-refractivity contribution >= 4 is 55.7 Å². The zero-order valence-corrected chi connectivity index (χ0v) is 32.3. The molecule has 0 saturated carbocycles. The largest absolute Gasteiger partial charge is 0.310 e. The molecular weight excluding hydrogens is 713 g/mol. The van der Waals surface area contributed by atoms with Gasteiger partial charge in [-0.1, -0.05) is 164 Å². The van der Waals surface area contributed by atoms with Crippen LogP contribution < -0.4 is 9.80 Å². The summed E-state index contributed by atoms with van der Waals surface area (Å²) in [4.78, 5) is 4.86. The maximum atomic E-state index is 2.47. The lowest BCUT2D eigenvalue weighted by Crippen LogP contribution is -2.26. The van der Waals surface area contributed by atoms with Gasteiger partial charge in [0.25, 0.3) is 0 Å². The molecule has 1 unspecified atom stereocenters. The van der Waals surface area contributed by atoms with Crippen molar-refractivity contribution in [3.63, 3.8) is 0 Å². The van der Waals surface area contributed by atoms with Crippen LogP contribution in [0.15, 0.2) is 231 Å². The molecule has 1 spiro atoms. The monoisotopic (exact) mass is 750 g/mol. The van der Waals surface area contributed by atoms with Gasteiger partial charge >= 0.3 is 0 Å². The van der Waals surface area contributed by atoms with Gasteiger partial charge in [-0.05, 0) is 127 Å². The van der Waals surface area contributed by atoms with E-state index in [-0.39, 0.29) is 0 Å². The Morgan fingerprint density at radius 2 is 0.763 bits per heavy atom. The van der Waals surface area contributed by atoms with Gasteiger partial charge in [-0.25, -0.2) is 0 Å². The number of hydrogen-bond acceptors (Lipinski definition) is 2. The van der Waals surface area contributed by atoms with E-state index in [9.17, 15) is 0 Å². The molecule has 0 aliphatic heterocycles. The summed E-state index contributed by atoms with van der Waals surface area (Å²) >= 11 is 0. The first kappa shape index (κ1) is 33.5. The molecular formula is C57H38N2. The highest BCUT2D eigenvalue weighted by Crippen LogP contribution is 2.65. The maximum absolute atomic E-state index is 2.47. The van der Waals surface area contributed by atoms with Gasteiger partial charge in [-0.2, -0.15) is 0 Å². The molecule has 1 atom stereocenters. The van der Waals surface area contributed by atoms with Gasteiger partial charge in [0.2, 0.25) is 0 Å². The van der Waals surface area contributed by atoms with E-state index in [4.69, 9.17) is 0 Å². The Morgan fingerprint density at radius 3 is 1.47 bits per heavy atom. The van der Waals surface area contributed by atoms with E-state index in [0.717, 1.165) is 34.1 Å². The zero-order valence-electron chi connectivity index (χ0n) is 32.3. The molecule has 0 N–H and O–H groups in total. The van der Waals surface area contributed by atoms with Gasteiger partial charge < -0.3 is 9.80 Å². The molecule has 10 aromatic rings. The topological polar surface area (TPSA) is 6.48 Å². The third-order valence-electron chi connectivity index (χ3n) is 12.6. The van der Waals surface area contributed by atoms with Crippen LogP contribution >= 0.6 is 0 Å². The quantitative estimate of drug-likeness (QED) is 0.156. The van der Waals surface area contributed by atoms with Gasteiger partial charge in [0.05, 0.1) is 11.1 Å². The third-order valence-corrected chi connectivity index (χ3v) is 12.6. The van der Waals surface area contributed by atoms with Crippen molar-refractivity contribution in [3.8, 4) is 22.3 Å². The molecule has 0 aromatic heterocycles. The molecule has 0 heterocycles. The SMILES string of the molecule is c1ccc(N(c2ccccc2)c2ccc3c(c2)C2(c4ccccc4-3)c3ccccc3-c3c(N(c4ccccc4)c4ccc5ccc6ccccc6c5c4)cccc32)cc1. The number of benzene rings is 10. The summed E-state index contributed by atoms with van der Waals surface area (Å²) in [6, 6.07) is 84.8. The molecule has 276 valence electrons. The Labute approximate surface area is 344 Å².